The number of hydrogen-bond acceptors (Lipinski definition) is 3. The van der Waals surface area contributed by atoms with Gasteiger partial charge in [0.05, 0.1) is 11.4 Å². The molecule has 0 saturated heterocycles. The molecule has 1 heterocycles. The van der Waals surface area contributed by atoms with Gasteiger partial charge in [-0.05, 0) is 68.6 Å². The normalized spacial score (nSPS) is 36.9. The Kier molecular flexibility index (Phi) is 2.81. The fourth-order valence-electron chi connectivity index (χ4n) is 5.56. The Hall–Kier alpha value is -1.52. The monoisotopic (exact) mass is 288 g/mol. The van der Waals surface area contributed by atoms with E-state index < -0.39 is 0 Å². The molecule has 5 heteroatoms. The van der Waals surface area contributed by atoms with Gasteiger partial charge in [0.25, 0.3) is 0 Å². The zero-order valence-corrected chi connectivity index (χ0v) is 12.6. The highest BCUT2D eigenvalue weighted by atomic mass is 16.1. The average molecular weight is 288 g/mol. The molecule has 1 aromatic rings. The highest BCUT2D eigenvalue weighted by Crippen LogP contribution is 2.61. The summed E-state index contributed by atoms with van der Waals surface area (Å²) in [6, 6.07) is 0. The number of anilines is 2. The predicted molar refractivity (Wildman–Crippen MR) is 81.6 cm³/mol. The van der Waals surface area contributed by atoms with Crippen LogP contribution in [0, 0.1) is 30.1 Å². The maximum atomic E-state index is 12.4. The summed E-state index contributed by atoms with van der Waals surface area (Å²) < 4.78 is 0. The third-order valence-electron chi connectivity index (χ3n) is 5.95. The second-order valence-electron chi connectivity index (χ2n) is 7.75. The first-order chi connectivity index (χ1) is 10.0. The zero-order chi connectivity index (χ0) is 14.6. The van der Waals surface area contributed by atoms with Gasteiger partial charge in [-0.1, -0.05) is 0 Å². The Balaban J connectivity index is 1.46. The molecular formula is C16H24N4O. The number of H-pyrrole nitrogens is 1. The summed E-state index contributed by atoms with van der Waals surface area (Å²) in [5.41, 5.74) is 7.52. The number of hydrogen-bond donors (Lipinski definition) is 3. The van der Waals surface area contributed by atoms with Crippen LogP contribution in [-0.4, -0.2) is 16.1 Å². The molecule has 0 atom stereocenters. The van der Waals surface area contributed by atoms with Crippen molar-refractivity contribution in [2.45, 2.75) is 51.9 Å². The Morgan fingerprint density at radius 2 is 1.86 bits per heavy atom. The Bertz CT molecular complexity index is 542. The molecule has 4 fully saturated rings. The number of aromatic amines is 1. The second-order valence-corrected chi connectivity index (χ2v) is 7.75. The van der Waals surface area contributed by atoms with Crippen molar-refractivity contribution in [2.24, 2.45) is 23.2 Å². The van der Waals surface area contributed by atoms with E-state index in [1.54, 1.807) is 0 Å². The molecule has 21 heavy (non-hydrogen) atoms. The van der Waals surface area contributed by atoms with E-state index in [2.05, 4.69) is 15.5 Å². The highest BCUT2D eigenvalue weighted by molar-refractivity contribution is 5.93. The molecule has 0 aromatic carbocycles. The van der Waals surface area contributed by atoms with Gasteiger partial charge >= 0.3 is 0 Å². The fourth-order valence-corrected chi connectivity index (χ4v) is 5.56. The Labute approximate surface area is 125 Å². The summed E-state index contributed by atoms with van der Waals surface area (Å²) in [6.45, 7) is 1.86. The third-order valence-corrected chi connectivity index (χ3v) is 5.95. The smallest absolute Gasteiger partial charge is 0.226 e. The molecule has 0 spiro atoms. The van der Waals surface area contributed by atoms with Crippen LogP contribution in [0.5, 0.6) is 0 Å². The molecule has 4 aliphatic carbocycles. The van der Waals surface area contributed by atoms with Gasteiger partial charge in [0, 0.05) is 6.42 Å². The number of aryl methyl sites for hydroxylation is 1. The molecule has 0 unspecified atom stereocenters. The first-order valence-corrected chi connectivity index (χ1v) is 8.13. The molecule has 0 aliphatic heterocycles. The van der Waals surface area contributed by atoms with Crippen molar-refractivity contribution in [2.75, 3.05) is 11.1 Å². The van der Waals surface area contributed by atoms with Crippen LogP contribution >= 0.6 is 0 Å². The average Bonchev–Trinajstić information content (AvgIpc) is 2.68. The van der Waals surface area contributed by atoms with Crippen LogP contribution < -0.4 is 11.1 Å². The number of amides is 1. The number of aromatic nitrogens is 2. The van der Waals surface area contributed by atoms with Crippen molar-refractivity contribution in [1.29, 1.82) is 0 Å². The third kappa shape index (κ3) is 2.23. The highest BCUT2D eigenvalue weighted by Gasteiger charge is 2.51. The zero-order valence-electron chi connectivity index (χ0n) is 12.6. The van der Waals surface area contributed by atoms with E-state index in [4.69, 9.17) is 5.73 Å². The van der Waals surface area contributed by atoms with Gasteiger partial charge in [-0.3, -0.25) is 9.89 Å². The van der Waals surface area contributed by atoms with Gasteiger partial charge in [-0.25, -0.2) is 0 Å². The largest absolute Gasteiger partial charge is 0.394 e. The molecule has 1 amide bonds. The maximum Gasteiger partial charge on any atom is 0.226 e. The number of carbonyl (C=O) groups excluding carboxylic acids is 1. The number of carbonyl (C=O) groups is 1. The first-order valence-electron chi connectivity index (χ1n) is 8.13. The topological polar surface area (TPSA) is 83.8 Å². The molecule has 4 aliphatic rings. The lowest BCUT2D eigenvalue weighted by Gasteiger charge is -2.56. The SMILES string of the molecule is Cc1[nH]nc(NC(=O)CC23CC4CC(CC(C4)C2)C3)c1N. The Morgan fingerprint density at radius 3 is 2.33 bits per heavy atom. The number of nitrogens with two attached hydrogens (primary N) is 1. The molecule has 0 radical (unpaired) electrons. The maximum absolute atomic E-state index is 12.4. The minimum atomic E-state index is 0.0788. The molecule has 4 saturated carbocycles. The molecule has 1 aromatic heterocycles. The van der Waals surface area contributed by atoms with Gasteiger partial charge < -0.3 is 11.1 Å². The van der Waals surface area contributed by atoms with E-state index in [-0.39, 0.29) is 11.3 Å². The minimum absolute atomic E-state index is 0.0788. The van der Waals surface area contributed by atoms with E-state index in [9.17, 15) is 4.79 Å². The van der Waals surface area contributed by atoms with Crippen LogP contribution in [0.3, 0.4) is 0 Å². The number of nitrogens with one attached hydrogen (secondary N) is 2. The first kappa shape index (κ1) is 13.2. The van der Waals surface area contributed by atoms with Crippen molar-refractivity contribution in [1.82, 2.24) is 10.2 Å². The van der Waals surface area contributed by atoms with E-state index in [0.29, 0.717) is 17.9 Å². The molecule has 4 N–H and O–H groups in total. The van der Waals surface area contributed by atoms with Crippen molar-refractivity contribution >= 4 is 17.4 Å². The Morgan fingerprint density at radius 1 is 1.29 bits per heavy atom. The summed E-state index contributed by atoms with van der Waals surface area (Å²) in [4.78, 5) is 12.4. The van der Waals surface area contributed by atoms with Gasteiger partial charge in [0.2, 0.25) is 5.91 Å². The second kappa shape index (κ2) is 4.49. The van der Waals surface area contributed by atoms with Crippen LogP contribution in [-0.2, 0) is 4.79 Å². The van der Waals surface area contributed by atoms with Crippen molar-refractivity contribution in [3.05, 3.63) is 5.69 Å². The molecular weight excluding hydrogens is 264 g/mol. The lowest BCUT2D eigenvalue weighted by Crippen LogP contribution is -2.47. The van der Waals surface area contributed by atoms with Gasteiger partial charge in [0.15, 0.2) is 5.82 Å². The van der Waals surface area contributed by atoms with Crippen LogP contribution in [0.15, 0.2) is 0 Å². The number of nitrogen functional groups attached to an aromatic ring is 1. The van der Waals surface area contributed by atoms with Crippen molar-refractivity contribution in [3.63, 3.8) is 0 Å². The number of rotatable bonds is 3. The fraction of sp³-hybridized carbons (Fsp3) is 0.750. The lowest BCUT2D eigenvalue weighted by molar-refractivity contribution is -0.124. The van der Waals surface area contributed by atoms with Gasteiger partial charge in [0.1, 0.15) is 0 Å². The molecule has 5 nitrogen and oxygen atoms in total. The van der Waals surface area contributed by atoms with E-state index in [1.807, 2.05) is 6.92 Å². The standard InChI is InChI=1S/C16H24N4O/c1-9-14(17)15(20-19-9)18-13(21)8-16-5-10-2-11(6-16)4-12(3-10)7-16/h10-12H,2-8,17H2,1H3,(H2,18,19,20,21). The van der Waals surface area contributed by atoms with E-state index >= 15 is 0 Å². The summed E-state index contributed by atoms with van der Waals surface area (Å²) in [7, 11) is 0. The van der Waals surface area contributed by atoms with Crippen LogP contribution in [0.4, 0.5) is 11.5 Å². The van der Waals surface area contributed by atoms with Crippen LogP contribution in [0.25, 0.3) is 0 Å². The van der Waals surface area contributed by atoms with Gasteiger partial charge in [-0.15, -0.1) is 0 Å². The predicted octanol–water partition coefficient (Wildman–Crippen LogP) is 2.85. The molecule has 114 valence electrons. The summed E-state index contributed by atoms with van der Waals surface area (Å²) in [5.74, 6) is 3.20. The van der Waals surface area contributed by atoms with Crippen molar-refractivity contribution < 1.29 is 4.79 Å². The summed E-state index contributed by atoms with van der Waals surface area (Å²) in [5, 5.41) is 9.78. The van der Waals surface area contributed by atoms with E-state index in [1.165, 1.54) is 38.5 Å². The lowest BCUT2D eigenvalue weighted by atomic mass is 9.49. The molecule has 5 rings (SSSR count). The van der Waals surface area contributed by atoms with Crippen LogP contribution in [0.2, 0.25) is 0 Å². The van der Waals surface area contributed by atoms with Gasteiger partial charge in [-0.2, -0.15) is 5.10 Å². The van der Waals surface area contributed by atoms with E-state index in [0.717, 1.165) is 23.4 Å². The summed E-state index contributed by atoms with van der Waals surface area (Å²) in [6.07, 6.45) is 8.62. The number of nitrogens with zero attached hydrogens (tertiary/aromatic N) is 1. The molecule has 4 bridgehead atoms. The quantitative estimate of drug-likeness (QED) is 0.799. The summed E-state index contributed by atoms with van der Waals surface area (Å²) >= 11 is 0. The minimum Gasteiger partial charge on any atom is -0.394 e. The van der Waals surface area contributed by atoms with Crippen LogP contribution in [0.1, 0.15) is 50.6 Å². The van der Waals surface area contributed by atoms with Crippen molar-refractivity contribution in [3.8, 4) is 0 Å².